The average molecular weight is 319 g/mol. The second-order valence-electron chi connectivity index (χ2n) is 5.25. The van der Waals surface area contributed by atoms with Crippen molar-refractivity contribution in [3.05, 3.63) is 53.3 Å². The van der Waals surface area contributed by atoms with E-state index in [4.69, 9.17) is 4.74 Å². The van der Waals surface area contributed by atoms with Crippen LogP contribution in [-0.4, -0.2) is 25.8 Å². The lowest BCUT2D eigenvalue weighted by molar-refractivity contribution is 0.337. The Morgan fingerprint density at radius 1 is 1.18 bits per heavy atom. The summed E-state index contributed by atoms with van der Waals surface area (Å²) in [6, 6.07) is 7.21. The summed E-state index contributed by atoms with van der Waals surface area (Å²) in [6.45, 7) is 6.14. The minimum Gasteiger partial charge on any atom is -0.494 e. The van der Waals surface area contributed by atoms with Crippen LogP contribution in [0.5, 0.6) is 5.75 Å². The SMILES string of the molecule is CCOc1cc(S(=O)(=O)CCc2cccnc2)c(C)cc1C. The molecule has 2 aromatic rings. The summed E-state index contributed by atoms with van der Waals surface area (Å²) in [6.07, 6.45) is 3.83. The smallest absolute Gasteiger partial charge is 0.179 e. The summed E-state index contributed by atoms with van der Waals surface area (Å²) < 4.78 is 30.8. The number of nitrogens with zero attached hydrogens (tertiary/aromatic N) is 1. The zero-order valence-electron chi connectivity index (χ0n) is 13.2. The molecule has 0 unspecified atom stereocenters. The minimum atomic E-state index is -3.35. The number of hydrogen-bond donors (Lipinski definition) is 0. The van der Waals surface area contributed by atoms with Gasteiger partial charge in [-0.15, -0.1) is 0 Å². The van der Waals surface area contributed by atoms with Crippen LogP contribution in [0.3, 0.4) is 0 Å². The Labute approximate surface area is 132 Å². The first-order valence-corrected chi connectivity index (χ1v) is 8.95. The second kappa shape index (κ2) is 6.92. The molecule has 0 spiro atoms. The molecule has 0 fully saturated rings. The maximum atomic E-state index is 12.6. The fourth-order valence-electron chi connectivity index (χ4n) is 2.37. The number of sulfone groups is 1. The lowest BCUT2D eigenvalue weighted by Crippen LogP contribution is -2.11. The summed E-state index contributed by atoms with van der Waals surface area (Å²) in [5.41, 5.74) is 2.62. The zero-order valence-corrected chi connectivity index (χ0v) is 14.0. The Kier molecular flexibility index (Phi) is 5.19. The van der Waals surface area contributed by atoms with E-state index in [1.165, 1.54) is 0 Å². The molecule has 1 heterocycles. The van der Waals surface area contributed by atoms with E-state index in [1.807, 2.05) is 39.0 Å². The number of benzene rings is 1. The molecule has 0 saturated heterocycles. The Morgan fingerprint density at radius 3 is 2.59 bits per heavy atom. The van der Waals surface area contributed by atoms with Gasteiger partial charge in [-0.05, 0) is 56.0 Å². The Morgan fingerprint density at radius 2 is 1.95 bits per heavy atom. The number of aromatic nitrogens is 1. The fraction of sp³-hybridized carbons (Fsp3) is 0.353. The average Bonchev–Trinajstić information content (AvgIpc) is 2.49. The van der Waals surface area contributed by atoms with E-state index < -0.39 is 9.84 Å². The van der Waals surface area contributed by atoms with Crippen molar-refractivity contribution >= 4 is 9.84 Å². The van der Waals surface area contributed by atoms with Crippen molar-refractivity contribution in [2.75, 3.05) is 12.4 Å². The molecule has 0 aliphatic carbocycles. The summed E-state index contributed by atoms with van der Waals surface area (Å²) in [4.78, 5) is 4.36. The van der Waals surface area contributed by atoms with Crippen molar-refractivity contribution in [3.8, 4) is 5.75 Å². The maximum Gasteiger partial charge on any atom is 0.179 e. The van der Waals surface area contributed by atoms with Gasteiger partial charge in [0.1, 0.15) is 5.75 Å². The monoisotopic (exact) mass is 319 g/mol. The number of hydrogen-bond acceptors (Lipinski definition) is 4. The predicted octanol–water partition coefficient (Wildman–Crippen LogP) is 3.11. The summed E-state index contributed by atoms with van der Waals surface area (Å²) in [5, 5.41) is 0. The molecule has 1 aromatic heterocycles. The van der Waals surface area contributed by atoms with Crippen molar-refractivity contribution in [1.82, 2.24) is 4.98 Å². The highest BCUT2D eigenvalue weighted by atomic mass is 32.2. The maximum absolute atomic E-state index is 12.6. The highest BCUT2D eigenvalue weighted by molar-refractivity contribution is 7.91. The van der Waals surface area contributed by atoms with Gasteiger partial charge >= 0.3 is 0 Å². The van der Waals surface area contributed by atoms with Crippen molar-refractivity contribution in [1.29, 1.82) is 0 Å². The van der Waals surface area contributed by atoms with Crippen molar-refractivity contribution in [3.63, 3.8) is 0 Å². The van der Waals surface area contributed by atoms with Gasteiger partial charge in [0.15, 0.2) is 9.84 Å². The predicted molar refractivity (Wildman–Crippen MR) is 87.1 cm³/mol. The zero-order chi connectivity index (χ0) is 16.2. The molecule has 0 aliphatic rings. The second-order valence-corrected chi connectivity index (χ2v) is 7.32. The van der Waals surface area contributed by atoms with E-state index in [0.717, 1.165) is 16.7 Å². The van der Waals surface area contributed by atoms with Gasteiger partial charge in [-0.1, -0.05) is 12.1 Å². The van der Waals surface area contributed by atoms with Gasteiger partial charge in [0.2, 0.25) is 0 Å². The topological polar surface area (TPSA) is 56.3 Å². The van der Waals surface area contributed by atoms with Gasteiger partial charge in [0.05, 0.1) is 17.3 Å². The van der Waals surface area contributed by atoms with Crippen LogP contribution in [0, 0.1) is 13.8 Å². The van der Waals surface area contributed by atoms with E-state index >= 15 is 0 Å². The molecule has 0 radical (unpaired) electrons. The highest BCUT2D eigenvalue weighted by Gasteiger charge is 2.19. The van der Waals surface area contributed by atoms with Crippen molar-refractivity contribution in [2.24, 2.45) is 0 Å². The van der Waals surface area contributed by atoms with Gasteiger partial charge < -0.3 is 4.74 Å². The van der Waals surface area contributed by atoms with Gasteiger partial charge in [-0.25, -0.2) is 8.42 Å². The molecule has 2 rings (SSSR count). The molecule has 0 bridgehead atoms. The Hall–Kier alpha value is -1.88. The van der Waals surface area contributed by atoms with Gasteiger partial charge in [0, 0.05) is 12.4 Å². The van der Waals surface area contributed by atoms with E-state index in [9.17, 15) is 8.42 Å². The largest absolute Gasteiger partial charge is 0.494 e. The van der Waals surface area contributed by atoms with Crippen LogP contribution >= 0.6 is 0 Å². The molecule has 0 N–H and O–H groups in total. The molecule has 1 aromatic carbocycles. The molecule has 118 valence electrons. The summed E-state index contributed by atoms with van der Waals surface area (Å²) in [5.74, 6) is 0.696. The molecule has 0 saturated carbocycles. The summed E-state index contributed by atoms with van der Waals surface area (Å²) in [7, 11) is -3.35. The first-order valence-electron chi connectivity index (χ1n) is 7.29. The molecular weight excluding hydrogens is 298 g/mol. The van der Waals surface area contributed by atoms with Crippen LogP contribution in [0.1, 0.15) is 23.6 Å². The Bertz CT molecular complexity index is 740. The minimum absolute atomic E-state index is 0.0637. The molecule has 4 nitrogen and oxygen atoms in total. The van der Waals surface area contributed by atoms with Crippen molar-refractivity contribution in [2.45, 2.75) is 32.1 Å². The number of pyridine rings is 1. The van der Waals surface area contributed by atoms with Crippen LogP contribution in [0.2, 0.25) is 0 Å². The van der Waals surface area contributed by atoms with Gasteiger partial charge in [-0.3, -0.25) is 4.98 Å². The number of aryl methyl sites for hydroxylation is 3. The quantitative estimate of drug-likeness (QED) is 0.821. The molecule has 0 aliphatic heterocycles. The molecule has 22 heavy (non-hydrogen) atoms. The molecule has 0 amide bonds. The van der Waals surface area contributed by atoms with Gasteiger partial charge in [-0.2, -0.15) is 0 Å². The normalized spacial score (nSPS) is 11.4. The number of ether oxygens (including phenoxy) is 1. The van der Waals surface area contributed by atoms with E-state index in [2.05, 4.69) is 4.98 Å². The standard InChI is InChI=1S/C17H21NO3S/c1-4-21-16-11-17(14(3)10-13(16)2)22(19,20)9-7-15-6-5-8-18-12-15/h5-6,8,10-12H,4,7,9H2,1-3H3. The number of rotatable bonds is 6. The van der Waals surface area contributed by atoms with Crippen LogP contribution in [0.4, 0.5) is 0 Å². The molecule has 5 heteroatoms. The van der Waals surface area contributed by atoms with Crippen LogP contribution in [0.15, 0.2) is 41.6 Å². The van der Waals surface area contributed by atoms with E-state index in [-0.39, 0.29) is 5.75 Å². The van der Waals surface area contributed by atoms with Crippen LogP contribution < -0.4 is 4.74 Å². The summed E-state index contributed by atoms with van der Waals surface area (Å²) >= 11 is 0. The van der Waals surface area contributed by atoms with Crippen LogP contribution in [0.25, 0.3) is 0 Å². The Balaban J connectivity index is 2.27. The van der Waals surface area contributed by atoms with Gasteiger partial charge in [0.25, 0.3) is 0 Å². The first kappa shape index (κ1) is 16.5. The molecule has 0 atom stereocenters. The lowest BCUT2D eigenvalue weighted by atomic mass is 10.1. The van der Waals surface area contributed by atoms with Crippen molar-refractivity contribution < 1.29 is 13.2 Å². The molecular formula is C17H21NO3S. The third-order valence-electron chi connectivity index (χ3n) is 3.49. The van der Waals surface area contributed by atoms with E-state index in [0.29, 0.717) is 23.7 Å². The first-order chi connectivity index (χ1) is 10.4. The third kappa shape index (κ3) is 3.85. The van der Waals surface area contributed by atoms with E-state index in [1.54, 1.807) is 18.5 Å². The highest BCUT2D eigenvalue weighted by Crippen LogP contribution is 2.27. The lowest BCUT2D eigenvalue weighted by Gasteiger charge is -2.13. The third-order valence-corrected chi connectivity index (χ3v) is 5.34. The fourth-order valence-corrected chi connectivity index (χ4v) is 3.93. The van der Waals surface area contributed by atoms with Crippen LogP contribution in [-0.2, 0) is 16.3 Å².